The third-order valence-corrected chi connectivity index (χ3v) is 0.694. The van der Waals surface area contributed by atoms with E-state index in [2.05, 4.69) is 11.2 Å². The van der Waals surface area contributed by atoms with Crippen LogP contribution in [0.15, 0.2) is 11.8 Å². The lowest BCUT2D eigenvalue weighted by molar-refractivity contribution is 0.992. The molecule has 0 aliphatic heterocycles. The van der Waals surface area contributed by atoms with Crippen LogP contribution >= 0.6 is 0 Å². The van der Waals surface area contributed by atoms with Gasteiger partial charge < -0.3 is 5.32 Å². The molecule has 0 aromatic rings. The molecule has 1 N–H and O–H groups in total. The molecule has 0 heterocycles. The van der Waals surface area contributed by atoms with Crippen molar-refractivity contribution in [3.63, 3.8) is 0 Å². The van der Waals surface area contributed by atoms with Crippen molar-refractivity contribution in [3.8, 4) is 12.3 Å². The average molecular weight is 95.1 g/mol. The van der Waals surface area contributed by atoms with Crippen LogP contribution in [-0.4, -0.2) is 7.05 Å². The summed E-state index contributed by atoms with van der Waals surface area (Å²) in [7, 11) is 1.84. The van der Waals surface area contributed by atoms with Crippen molar-refractivity contribution in [2.75, 3.05) is 7.05 Å². The first-order valence-corrected chi connectivity index (χ1v) is 2.12. The molecule has 0 bridgehead atoms. The molecule has 0 aliphatic carbocycles. The Morgan fingerprint density at radius 1 is 1.86 bits per heavy atom. The van der Waals surface area contributed by atoms with Crippen molar-refractivity contribution in [3.05, 3.63) is 11.8 Å². The van der Waals surface area contributed by atoms with Crippen molar-refractivity contribution >= 4 is 0 Å². The van der Waals surface area contributed by atoms with Gasteiger partial charge in [-0.05, 0) is 6.92 Å². The first kappa shape index (κ1) is 6.10. The second-order valence-corrected chi connectivity index (χ2v) is 1.24. The maximum Gasteiger partial charge on any atom is 0.0157 e. The minimum absolute atomic E-state index is 1.02. The predicted octanol–water partition coefficient (Wildman–Crippen LogP) is 0.743. The molecule has 1 heteroatoms. The van der Waals surface area contributed by atoms with E-state index in [4.69, 9.17) is 6.42 Å². The van der Waals surface area contributed by atoms with Crippen LogP contribution in [0.3, 0.4) is 0 Å². The van der Waals surface area contributed by atoms with E-state index >= 15 is 0 Å². The molecular formula is C6H9N. The molecule has 0 amide bonds. The van der Waals surface area contributed by atoms with Crippen molar-refractivity contribution in [2.24, 2.45) is 0 Å². The SMILES string of the molecule is C#C/C=C(\C)NC. The first-order valence-electron chi connectivity index (χ1n) is 2.12. The third-order valence-electron chi connectivity index (χ3n) is 0.694. The van der Waals surface area contributed by atoms with Gasteiger partial charge in [0.2, 0.25) is 0 Å². The quantitative estimate of drug-likeness (QED) is 0.474. The van der Waals surface area contributed by atoms with Crippen molar-refractivity contribution in [1.82, 2.24) is 5.32 Å². The maximum atomic E-state index is 4.94. The molecule has 0 aliphatic rings. The lowest BCUT2D eigenvalue weighted by atomic mass is 10.4. The van der Waals surface area contributed by atoms with Gasteiger partial charge in [0.15, 0.2) is 0 Å². The monoisotopic (exact) mass is 95.1 g/mol. The van der Waals surface area contributed by atoms with Crippen LogP contribution in [0.1, 0.15) is 6.92 Å². The van der Waals surface area contributed by atoms with Gasteiger partial charge in [0.1, 0.15) is 0 Å². The molecule has 0 unspecified atom stereocenters. The Morgan fingerprint density at radius 2 is 2.43 bits per heavy atom. The summed E-state index contributed by atoms with van der Waals surface area (Å²) in [6.07, 6.45) is 6.62. The molecule has 0 aromatic heterocycles. The van der Waals surface area contributed by atoms with E-state index in [-0.39, 0.29) is 0 Å². The van der Waals surface area contributed by atoms with Crippen LogP contribution in [0, 0.1) is 12.3 Å². The predicted molar refractivity (Wildman–Crippen MR) is 31.6 cm³/mol. The molecular weight excluding hydrogens is 86.1 g/mol. The zero-order valence-corrected chi connectivity index (χ0v) is 4.65. The lowest BCUT2D eigenvalue weighted by Gasteiger charge is -1.91. The molecule has 0 saturated heterocycles. The van der Waals surface area contributed by atoms with Gasteiger partial charge >= 0.3 is 0 Å². The maximum absolute atomic E-state index is 4.94. The Labute approximate surface area is 44.4 Å². The second-order valence-electron chi connectivity index (χ2n) is 1.24. The summed E-state index contributed by atoms with van der Waals surface area (Å²) >= 11 is 0. The van der Waals surface area contributed by atoms with E-state index in [1.54, 1.807) is 6.08 Å². The van der Waals surface area contributed by atoms with Crippen LogP contribution in [0.2, 0.25) is 0 Å². The van der Waals surface area contributed by atoms with Gasteiger partial charge in [0, 0.05) is 18.8 Å². The molecule has 7 heavy (non-hydrogen) atoms. The topological polar surface area (TPSA) is 12.0 Å². The number of terminal acetylenes is 1. The Balaban J connectivity index is 3.56. The minimum Gasteiger partial charge on any atom is -0.391 e. The molecule has 0 aromatic carbocycles. The zero-order valence-electron chi connectivity index (χ0n) is 4.65. The van der Waals surface area contributed by atoms with Crippen LogP contribution < -0.4 is 5.32 Å². The van der Waals surface area contributed by atoms with E-state index in [1.807, 2.05) is 14.0 Å². The summed E-state index contributed by atoms with van der Waals surface area (Å²) in [4.78, 5) is 0. The van der Waals surface area contributed by atoms with E-state index in [0.717, 1.165) is 5.70 Å². The van der Waals surface area contributed by atoms with E-state index in [9.17, 15) is 0 Å². The normalized spacial score (nSPS) is 10.1. The fourth-order valence-electron chi connectivity index (χ4n) is 0.197. The highest BCUT2D eigenvalue weighted by atomic mass is 14.8. The zero-order chi connectivity index (χ0) is 5.70. The van der Waals surface area contributed by atoms with Crippen molar-refractivity contribution in [2.45, 2.75) is 6.92 Å². The molecule has 0 fully saturated rings. The molecule has 0 saturated carbocycles. The van der Waals surface area contributed by atoms with Crippen molar-refractivity contribution in [1.29, 1.82) is 0 Å². The highest BCUT2D eigenvalue weighted by Crippen LogP contribution is 1.78. The van der Waals surface area contributed by atoms with Gasteiger partial charge in [-0.3, -0.25) is 0 Å². The molecule has 1 nitrogen and oxygen atoms in total. The number of hydrogen-bond donors (Lipinski definition) is 1. The van der Waals surface area contributed by atoms with Gasteiger partial charge in [-0.2, -0.15) is 0 Å². The number of nitrogens with one attached hydrogen (secondary N) is 1. The fraction of sp³-hybridized carbons (Fsp3) is 0.333. The average Bonchev–Trinajstić information content (AvgIpc) is 1.68. The standard InChI is InChI=1S/C6H9N/c1-4-5-6(2)7-3/h1,5,7H,2-3H3/b6-5+. The summed E-state index contributed by atoms with van der Waals surface area (Å²) in [5.41, 5.74) is 1.02. The van der Waals surface area contributed by atoms with E-state index in [0.29, 0.717) is 0 Å². The summed E-state index contributed by atoms with van der Waals surface area (Å²) in [5, 5.41) is 2.88. The van der Waals surface area contributed by atoms with Crippen LogP contribution in [0.5, 0.6) is 0 Å². The highest BCUT2D eigenvalue weighted by molar-refractivity contribution is 5.13. The third kappa shape index (κ3) is 2.92. The van der Waals surface area contributed by atoms with Gasteiger partial charge in [-0.1, -0.05) is 5.92 Å². The summed E-state index contributed by atoms with van der Waals surface area (Å²) in [6.45, 7) is 1.92. The van der Waals surface area contributed by atoms with Gasteiger partial charge in [-0.25, -0.2) is 0 Å². The van der Waals surface area contributed by atoms with Crippen LogP contribution in [-0.2, 0) is 0 Å². The highest BCUT2D eigenvalue weighted by Gasteiger charge is 1.71. The Hall–Kier alpha value is -0.900. The largest absolute Gasteiger partial charge is 0.391 e. The minimum atomic E-state index is 1.02. The van der Waals surface area contributed by atoms with Gasteiger partial charge in [0.05, 0.1) is 0 Å². The Morgan fingerprint density at radius 3 is 2.57 bits per heavy atom. The molecule has 0 radical (unpaired) electrons. The van der Waals surface area contributed by atoms with E-state index in [1.165, 1.54) is 0 Å². The molecule has 0 spiro atoms. The van der Waals surface area contributed by atoms with Crippen LogP contribution in [0.4, 0.5) is 0 Å². The second kappa shape index (κ2) is 3.30. The summed E-state index contributed by atoms with van der Waals surface area (Å²) in [6, 6.07) is 0. The Kier molecular flexibility index (Phi) is 2.87. The number of rotatable bonds is 1. The summed E-state index contributed by atoms with van der Waals surface area (Å²) in [5.74, 6) is 2.39. The van der Waals surface area contributed by atoms with Crippen molar-refractivity contribution < 1.29 is 0 Å². The Bertz CT molecular complexity index is 106. The fourth-order valence-corrected chi connectivity index (χ4v) is 0.197. The summed E-state index contributed by atoms with van der Waals surface area (Å²) < 4.78 is 0. The lowest BCUT2D eigenvalue weighted by Crippen LogP contribution is -2.00. The first-order chi connectivity index (χ1) is 3.31. The molecule has 38 valence electrons. The number of hydrogen-bond acceptors (Lipinski definition) is 1. The molecule has 0 atom stereocenters. The number of allylic oxidation sites excluding steroid dienone is 2. The van der Waals surface area contributed by atoms with Gasteiger partial charge in [-0.15, -0.1) is 6.42 Å². The van der Waals surface area contributed by atoms with E-state index < -0.39 is 0 Å². The van der Waals surface area contributed by atoms with Gasteiger partial charge in [0.25, 0.3) is 0 Å². The van der Waals surface area contributed by atoms with Crippen LogP contribution in [0.25, 0.3) is 0 Å². The molecule has 0 rings (SSSR count). The smallest absolute Gasteiger partial charge is 0.0157 e.